The molecule has 2 aliphatic rings. The van der Waals surface area contributed by atoms with E-state index in [4.69, 9.17) is 19.1 Å². The molecular weight excluding hydrogens is 648 g/mol. The summed E-state index contributed by atoms with van der Waals surface area (Å²) in [4.78, 5) is 38.2. The fourth-order valence-corrected chi connectivity index (χ4v) is 4.82. The molecule has 284 valence electrons. The number of nitrogens with one attached hydrogen (secondary N) is 1. The summed E-state index contributed by atoms with van der Waals surface area (Å²) in [6.45, 7) is 26.2. The standard InChI is InChI=1S/C23H28F2N4O.C7H15NO2.C2H4O2.2C2H6.CH2O/c1-17-13-20(24)23(21(25)14-17)29-7-5-27(6-8-29)18(2)15-19-3-4-22(26-16-19)28-9-11-30-12-10-28;1-4-7(5-8-3)10-6(2)9;1-4-2-3;3*1-2/h3-4,13-14,16H,2,5-12,15H2,1H3;7-8H,4-5H2,1-3H3;2H,1H3;2*1-2H3;1H2. The molecule has 11 nitrogen and oxygen atoms in total. The van der Waals surface area contributed by atoms with Crippen molar-refractivity contribution in [3.8, 4) is 0 Å². The summed E-state index contributed by atoms with van der Waals surface area (Å²) in [6, 6.07) is 6.92. The number of pyridine rings is 1. The van der Waals surface area contributed by atoms with Gasteiger partial charge in [-0.25, -0.2) is 13.8 Å². The van der Waals surface area contributed by atoms with Crippen LogP contribution in [0.5, 0.6) is 0 Å². The van der Waals surface area contributed by atoms with E-state index in [1.165, 1.54) is 26.2 Å². The Balaban J connectivity index is 0. The number of nitrogens with zero attached hydrogens (tertiary/aromatic N) is 4. The highest BCUT2D eigenvalue weighted by Crippen LogP contribution is 2.27. The summed E-state index contributed by atoms with van der Waals surface area (Å²) in [5.41, 5.74) is 2.78. The molecule has 2 fully saturated rings. The second kappa shape index (κ2) is 29.8. The minimum atomic E-state index is -0.494. The van der Waals surface area contributed by atoms with Crippen LogP contribution in [0.25, 0.3) is 0 Å². The van der Waals surface area contributed by atoms with Crippen molar-refractivity contribution < 1.29 is 37.4 Å². The molecule has 1 aromatic carbocycles. The molecule has 50 heavy (non-hydrogen) atoms. The van der Waals surface area contributed by atoms with E-state index in [2.05, 4.69) is 43.5 Å². The van der Waals surface area contributed by atoms with Crippen molar-refractivity contribution in [1.29, 1.82) is 0 Å². The number of aryl methyl sites for hydroxylation is 1. The third kappa shape index (κ3) is 18.6. The van der Waals surface area contributed by atoms with Crippen molar-refractivity contribution >= 4 is 30.7 Å². The third-order valence-electron chi connectivity index (χ3n) is 7.07. The minimum absolute atomic E-state index is 0.0301. The van der Waals surface area contributed by atoms with Gasteiger partial charge >= 0.3 is 5.97 Å². The summed E-state index contributed by atoms with van der Waals surface area (Å²) in [5.74, 6) is -0.219. The number of esters is 1. The summed E-state index contributed by atoms with van der Waals surface area (Å²) in [7, 11) is 3.15. The smallest absolute Gasteiger partial charge is 0.302 e. The molecule has 2 aliphatic heterocycles. The molecule has 1 N–H and O–H groups in total. The van der Waals surface area contributed by atoms with Gasteiger partial charge in [-0.3, -0.25) is 9.59 Å². The number of hydrogen-bond acceptors (Lipinski definition) is 11. The number of hydrogen-bond donors (Lipinski definition) is 1. The van der Waals surface area contributed by atoms with Crippen LogP contribution in [0.2, 0.25) is 0 Å². The molecule has 0 radical (unpaired) electrons. The normalized spacial score (nSPS) is 13.7. The van der Waals surface area contributed by atoms with Crippen LogP contribution in [0, 0.1) is 18.6 Å². The first-order valence-electron chi connectivity index (χ1n) is 17.1. The topological polar surface area (TPSA) is 114 Å². The predicted molar refractivity (Wildman–Crippen MR) is 198 cm³/mol. The maximum absolute atomic E-state index is 14.3. The molecule has 2 aromatic rings. The van der Waals surface area contributed by atoms with Crippen LogP contribution in [-0.4, -0.2) is 108 Å². The van der Waals surface area contributed by atoms with Crippen LogP contribution < -0.4 is 15.1 Å². The fraction of sp³-hybridized carbons (Fsp3) is 0.568. The lowest BCUT2D eigenvalue weighted by Crippen LogP contribution is -2.46. The Bertz CT molecular complexity index is 1170. The molecule has 13 heteroatoms. The highest BCUT2D eigenvalue weighted by Gasteiger charge is 2.23. The summed E-state index contributed by atoms with van der Waals surface area (Å²) in [6.07, 6.45) is 3.51. The molecule has 0 bridgehead atoms. The average molecular weight is 710 g/mol. The van der Waals surface area contributed by atoms with Crippen LogP contribution in [0.15, 0.2) is 42.7 Å². The molecule has 3 heterocycles. The molecule has 0 spiro atoms. The first-order chi connectivity index (χ1) is 24.1. The number of methoxy groups -OCH3 is 1. The lowest BCUT2D eigenvalue weighted by molar-refractivity contribution is -0.146. The van der Waals surface area contributed by atoms with Crippen molar-refractivity contribution in [2.45, 2.75) is 67.4 Å². The third-order valence-corrected chi connectivity index (χ3v) is 7.07. The number of carbonyl (C=O) groups excluding carboxylic acids is 3. The van der Waals surface area contributed by atoms with Crippen LogP contribution in [-0.2, 0) is 35.0 Å². The largest absolute Gasteiger partial charge is 0.471 e. The van der Waals surface area contributed by atoms with Gasteiger partial charge in [-0.15, -0.1) is 0 Å². The number of likely N-dealkylation sites (N-methyl/N-ethyl adjacent to an activating group) is 1. The van der Waals surface area contributed by atoms with Gasteiger partial charge in [0.1, 0.15) is 36.0 Å². The number of morpholine rings is 1. The van der Waals surface area contributed by atoms with Crippen molar-refractivity contribution in [1.82, 2.24) is 15.2 Å². The van der Waals surface area contributed by atoms with E-state index in [0.29, 0.717) is 44.6 Å². The van der Waals surface area contributed by atoms with Gasteiger partial charge in [0.15, 0.2) is 0 Å². The Kier molecular flexibility index (Phi) is 28.6. The van der Waals surface area contributed by atoms with E-state index < -0.39 is 11.6 Å². The van der Waals surface area contributed by atoms with Gasteiger partial charge in [-0.2, -0.15) is 0 Å². The average Bonchev–Trinajstić information content (AvgIpc) is 3.14. The fourth-order valence-electron chi connectivity index (χ4n) is 4.82. The second-order valence-electron chi connectivity index (χ2n) is 10.4. The molecule has 1 aromatic heterocycles. The predicted octanol–water partition coefficient (Wildman–Crippen LogP) is 5.59. The Morgan fingerprint density at radius 2 is 1.56 bits per heavy atom. The van der Waals surface area contributed by atoms with E-state index in [9.17, 15) is 13.6 Å². The number of anilines is 2. The van der Waals surface area contributed by atoms with Crippen molar-refractivity contribution in [2.75, 3.05) is 83.0 Å². The van der Waals surface area contributed by atoms with Crippen LogP contribution in [0.3, 0.4) is 0 Å². The zero-order chi connectivity index (χ0) is 38.5. The van der Waals surface area contributed by atoms with E-state index in [1.54, 1.807) is 11.8 Å². The lowest BCUT2D eigenvalue weighted by Gasteiger charge is -2.38. The van der Waals surface area contributed by atoms with Crippen molar-refractivity contribution in [2.24, 2.45) is 0 Å². The summed E-state index contributed by atoms with van der Waals surface area (Å²) in [5, 5.41) is 2.95. The molecule has 0 aliphatic carbocycles. The molecule has 1 unspecified atom stereocenters. The Morgan fingerprint density at radius 1 is 1.02 bits per heavy atom. The number of rotatable bonds is 10. The molecule has 2 saturated heterocycles. The summed E-state index contributed by atoms with van der Waals surface area (Å²) < 4.78 is 42.7. The van der Waals surface area contributed by atoms with Crippen molar-refractivity contribution in [3.63, 3.8) is 0 Å². The van der Waals surface area contributed by atoms with Gasteiger partial charge in [-0.05, 0) is 49.7 Å². The van der Waals surface area contributed by atoms with Gasteiger partial charge in [0, 0.05) is 71.1 Å². The van der Waals surface area contributed by atoms with Gasteiger partial charge in [0.25, 0.3) is 6.47 Å². The van der Waals surface area contributed by atoms with Crippen molar-refractivity contribution in [3.05, 3.63) is 65.5 Å². The van der Waals surface area contributed by atoms with Crippen LogP contribution in [0.4, 0.5) is 20.3 Å². The number of ether oxygens (including phenoxy) is 3. The van der Waals surface area contributed by atoms with Gasteiger partial charge < -0.3 is 39.0 Å². The highest BCUT2D eigenvalue weighted by atomic mass is 19.1. The van der Waals surface area contributed by atoms with E-state index >= 15 is 0 Å². The lowest BCUT2D eigenvalue weighted by atomic mass is 10.1. The first-order valence-corrected chi connectivity index (χ1v) is 17.1. The number of carbonyl (C=O) groups is 3. The van der Waals surface area contributed by atoms with Gasteiger partial charge in [-0.1, -0.05) is 47.3 Å². The first kappa shape index (κ1) is 48.0. The van der Waals surface area contributed by atoms with Gasteiger partial charge in [0.2, 0.25) is 0 Å². The maximum Gasteiger partial charge on any atom is 0.302 e. The van der Waals surface area contributed by atoms with E-state index in [-0.39, 0.29) is 17.8 Å². The number of aromatic nitrogens is 1. The second-order valence-corrected chi connectivity index (χ2v) is 10.4. The SMILES string of the molecule is C=C(Cc1ccc(N2CCOCC2)nc1)N1CCN(c2c(F)cc(C)cc2F)CC1.C=O.CC.CC.CCC(CNC)OC(C)=O.COC=O. The molecule has 0 saturated carbocycles. The van der Waals surface area contributed by atoms with Crippen LogP contribution in [0.1, 0.15) is 59.1 Å². The Labute approximate surface area is 299 Å². The number of benzene rings is 1. The monoisotopic (exact) mass is 709 g/mol. The number of piperazine rings is 1. The number of halogens is 2. The zero-order valence-electron chi connectivity index (χ0n) is 31.7. The molecular formula is C37H61F2N5O6. The van der Waals surface area contributed by atoms with Crippen LogP contribution >= 0.6 is 0 Å². The molecule has 1 atom stereocenters. The Morgan fingerprint density at radius 3 is 1.98 bits per heavy atom. The maximum atomic E-state index is 14.3. The number of allylic oxidation sites excluding steroid dienone is 1. The zero-order valence-corrected chi connectivity index (χ0v) is 31.7. The molecule has 4 rings (SSSR count). The minimum Gasteiger partial charge on any atom is -0.471 e. The highest BCUT2D eigenvalue weighted by molar-refractivity contribution is 5.66. The Hall–Kier alpha value is -4.10. The summed E-state index contributed by atoms with van der Waals surface area (Å²) >= 11 is 0. The quantitative estimate of drug-likeness (QED) is 0.246. The van der Waals surface area contributed by atoms with E-state index in [1.807, 2.05) is 54.7 Å². The van der Waals surface area contributed by atoms with E-state index in [0.717, 1.165) is 56.3 Å². The van der Waals surface area contributed by atoms with Gasteiger partial charge in [0.05, 0.1) is 20.3 Å². The molecule has 0 amide bonds.